The summed E-state index contributed by atoms with van der Waals surface area (Å²) in [4.78, 5) is 21.1. The summed E-state index contributed by atoms with van der Waals surface area (Å²) < 4.78 is 11.1. The van der Waals surface area contributed by atoms with E-state index in [0.29, 0.717) is 12.2 Å². The van der Waals surface area contributed by atoms with Crippen LogP contribution in [-0.2, 0) is 4.74 Å². The molecular weight excluding hydrogens is 398 g/mol. The van der Waals surface area contributed by atoms with Crippen molar-refractivity contribution in [1.82, 2.24) is 4.98 Å². The number of ether oxygens (including phenoxy) is 1. The van der Waals surface area contributed by atoms with Crippen LogP contribution in [0, 0.1) is 0 Å². The highest BCUT2D eigenvalue weighted by Gasteiger charge is 2.28. The number of aliphatic imine (C=N–C) groups is 1. The second-order valence-corrected chi connectivity index (χ2v) is 7.36. The van der Waals surface area contributed by atoms with Crippen molar-refractivity contribution in [1.29, 1.82) is 0 Å². The van der Waals surface area contributed by atoms with Crippen LogP contribution in [0.2, 0.25) is 0 Å². The average Bonchev–Trinajstić information content (AvgIpc) is 3.32. The molecular formula is C23H29N3O5. The Hall–Kier alpha value is -3.13. The molecule has 3 rings (SSSR count). The Morgan fingerprint density at radius 1 is 1.35 bits per heavy atom. The molecule has 1 aliphatic heterocycles. The zero-order valence-corrected chi connectivity index (χ0v) is 17.9. The van der Waals surface area contributed by atoms with E-state index >= 15 is 0 Å². The van der Waals surface area contributed by atoms with Gasteiger partial charge in [0.25, 0.3) is 0 Å². The fourth-order valence-corrected chi connectivity index (χ4v) is 3.33. The maximum atomic E-state index is 12.7. The second-order valence-electron chi connectivity index (χ2n) is 7.36. The topological polar surface area (TPSA) is 117 Å². The molecule has 0 aliphatic carbocycles. The minimum atomic E-state index is -0.700. The molecule has 0 amide bonds. The molecule has 8 heteroatoms. The van der Waals surface area contributed by atoms with Gasteiger partial charge in [-0.05, 0) is 31.1 Å². The number of pyridine rings is 1. The number of nitrogens with zero attached hydrogens (tertiary/aromatic N) is 2. The summed E-state index contributed by atoms with van der Waals surface area (Å²) in [5.74, 6) is -0.0791. The summed E-state index contributed by atoms with van der Waals surface area (Å²) in [6.45, 7) is 4.14. The van der Waals surface area contributed by atoms with Crippen molar-refractivity contribution in [2.45, 2.75) is 52.0 Å². The fraction of sp³-hybridized carbons (Fsp3) is 0.435. The number of rotatable bonds is 11. The molecule has 2 aromatic rings. The molecule has 1 unspecified atom stereocenters. The van der Waals surface area contributed by atoms with Crippen molar-refractivity contribution in [3.63, 3.8) is 0 Å². The predicted molar refractivity (Wildman–Crippen MR) is 120 cm³/mol. The number of allylic oxidation sites excluding steroid dienone is 1. The van der Waals surface area contributed by atoms with Crippen LogP contribution in [0.25, 0.3) is 11.6 Å². The second kappa shape index (κ2) is 10.8. The van der Waals surface area contributed by atoms with E-state index < -0.39 is 5.97 Å². The van der Waals surface area contributed by atoms with Gasteiger partial charge in [-0.15, -0.1) is 0 Å². The molecule has 8 nitrogen and oxygen atoms in total. The quantitative estimate of drug-likeness (QED) is 0.355. The van der Waals surface area contributed by atoms with Gasteiger partial charge in [0.2, 0.25) is 5.88 Å². The highest BCUT2D eigenvalue weighted by atomic mass is 16.5. The Morgan fingerprint density at radius 2 is 2.19 bits per heavy atom. The molecule has 0 fully saturated rings. The van der Waals surface area contributed by atoms with E-state index in [9.17, 15) is 9.90 Å². The molecule has 31 heavy (non-hydrogen) atoms. The van der Waals surface area contributed by atoms with E-state index in [0.717, 1.165) is 36.8 Å². The van der Waals surface area contributed by atoms with Crippen molar-refractivity contribution in [2.75, 3.05) is 18.5 Å². The first-order chi connectivity index (χ1) is 15.1. The van der Waals surface area contributed by atoms with Gasteiger partial charge in [-0.1, -0.05) is 26.7 Å². The van der Waals surface area contributed by atoms with Crippen molar-refractivity contribution < 1.29 is 24.2 Å². The SMILES string of the molecule is CCCCC(CC)Nc1oc(C=C2C=Nc3ncccc32)c(O)c1C(=O)OCCCO. The highest BCUT2D eigenvalue weighted by Crippen LogP contribution is 2.38. The molecule has 166 valence electrons. The average molecular weight is 428 g/mol. The number of carbonyl (C=O) groups is 1. The number of hydrogen-bond donors (Lipinski definition) is 3. The molecule has 1 atom stereocenters. The minimum Gasteiger partial charge on any atom is -0.504 e. The smallest absolute Gasteiger partial charge is 0.347 e. The summed E-state index contributed by atoms with van der Waals surface area (Å²) in [7, 11) is 0. The zero-order valence-electron chi connectivity index (χ0n) is 17.9. The number of furan rings is 1. The number of aliphatic hydroxyl groups excluding tert-OH is 1. The summed E-state index contributed by atoms with van der Waals surface area (Å²) in [6.07, 6.45) is 9.09. The lowest BCUT2D eigenvalue weighted by atomic mass is 10.1. The van der Waals surface area contributed by atoms with Crippen LogP contribution in [0.5, 0.6) is 5.75 Å². The lowest BCUT2D eigenvalue weighted by molar-refractivity contribution is 0.0480. The van der Waals surface area contributed by atoms with Crippen LogP contribution < -0.4 is 5.32 Å². The van der Waals surface area contributed by atoms with Crippen molar-refractivity contribution in [2.24, 2.45) is 4.99 Å². The third-order valence-corrected chi connectivity index (χ3v) is 5.09. The third kappa shape index (κ3) is 5.32. The molecule has 0 bridgehead atoms. The first kappa shape index (κ1) is 22.6. The van der Waals surface area contributed by atoms with Crippen LogP contribution in [0.4, 0.5) is 11.7 Å². The van der Waals surface area contributed by atoms with Gasteiger partial charge in [0.1, 0.15) is 0 Å². The number of fused-ring (bicyclic) bond motifs is 1. The van der Waals surface area contributed by atoms with Gasteiger partial charge in [-0.3, -0.25) is 0 Å². The van der Waals surface area contributed by atoms with Gasteiger partial charge in [-0.25, -0.2) is 14.8 Å². The Morgan fingerprint density at radius 3 is 2.94 bits per heavy atom. The van der Waals surface area contributed by atoms with E-state index in [1.54, 1.807) is 24.6 Å². The monoisotopic (exact) mass is 427 g/mol. The maximum Gasteiger partial charge on any atom is 0.347 e. The summed E-state index contributed by atoms with van der Waals surface area (Å²) in [5.41, 5.74) is 1.49. The number of unbranched alkanes of at least 4 members (excludes halogenated alkanes) is 1. The van der Waals surface area contributed by atoms with Crippen molar-refractivity contribution >= 4 is 35.5 Å². The zero-order chi connectivity index (χ0) is 22.2. The summed E-state index contributed by atoms with van der Waals surface area (Å²) in [5, 5.41) is 23.0. The number of nitrogens with one attached hydrogen (secondary N) is 1. The lowest BCUT2D eigenvalue weighted by Gasteiger charge is -2.16. The molecule has 0 saturated carbocycles. The van der Waals surface area contributed by atoms with Gasteiger partial charge >= 0.3 is 5.97 Å². The Kier molecular flexibility index (Phi) is 7.83. The summed E-state index contributed by atoms with van der Waals surface area (Å²) in [6, 6.07) is 3.77. The van der Waals surface area contributed by atoms with Crippen LogP contribution in [0.3, 0.4) is 0 Å². The molecule has 3 heterocycles. The van der Waals surface area contributed by atoms with Crippen LogP contribution in [0.1, 0.15) is 67.6 Å². The molecule has 3 N–H and O–H groups in total. The Balaban J connectivity index is 1.94. The number of aromatic nitrogens is 1. The molecule has 1 aliphatic rings. The van der Waals surface area contributed by atoms with E-state index in [2.05, 4.69) is 29.1 Å². The molecule has 0 saturated heterocycles. The first-order valence-electron chi connectivity index (χ1n) is 10.7. The van der Waals surface area contributed by atoms with Crippen LogP contribution >= 0.6 is 0 Å². The van der Waals surface area contributed by atoms with E-state index in [1.807, 2.05) is 6.07 Å². The van der Waals surface area contributed by atoms with Gasteiger partial charge in [0, 0.05) is 42.6 Å². The van der Waals surface area contributed by atoms with Gasteiger partial charge in [-0.2, -0.15) is 0 Å². The first-order valence-corrected chi connectivity index (χ1v) is 10.7. The molecule has 2 aromatic heterocycles. The van der Waals surface area contributed by atoms with E-state index in [-0.39, 0.29) is 42.2 Å². The molecule has 0 spiro atoms. The largest absolute Gasteiger partial charge is 0.504 e. The minimum absolute atomic E-state index is 0.0407. The molecule has 0 aromatic carbocycles. The number of aromatic hydroxyl groups is 1. The van der Waals surface area contributed by atoms with Crippen molar-refractivity contribution in [3.8, 4) is 5.75 Å². The Bertz CT molecular complexity index is 964. The molecule has 0 radical (unpaired) electrons. The maximum absolute atomic E-state index is 12.7. The summed E-state index contributed by atoms with van der Waals surface area (Å²) >= 11 is 0. The van der Waals surface area contributed by atoms with E-state index in [4.69, 9.17) is 14.3 Å². The van der Waals surface area contributed by atoms with Crippen LogP contribution in [-0.4, -0.2) is 46.6 Å². The van der Waals surface area contributed by atoms with Crippen molar-refractivity contribution in [3.05, 3.63) is 35.2 Å². The number of aliphatic hydroxyl groups is 1. The standard InChI is InChI=1S/C23H29N3O5/c1-3-5-8-16(4-2)26-22-19(23(29)30-12-7-11-27)20(28)18(31-22)13-15-14-25-21-17(15)9-6-10-24-21/h6,9-10,13-14,16,26-28H,3-5,7-8,11-12H2,1-2H3. The number of carbonyl (C=O) groups excluding carboxylic acids is 1. The number of anilines is 1. The normalized spacial score (nSPS) is 14.6. The fourth-order valence-electron chi connectivity index (χ4n) is 3.33. The number of esters is 1. The Labute approximate surface area is 181 Å². The number of hydrogen-bond acceptors (Lipinski definition) is 8. The van der Waals surface area contributed by atoms with Gasteiger partial charge in [0.15, 0.2) is 22.9 Å². The van der Waals surface area contributed by atoms with Gasteiger partial charge in [0.05, 0.1) is 6.61 Å². The van der Waals surface area contributed by atoms with Crippen LogP contribution in [0.15, 0.2) is 27.7 Å². The van der Waals surface area contributed by atoms with E-state index in [1.165, 1.54) is 0 Å². The third-order valence-electron chi connectivity index (χ3n) is 5.09. The lowest BCUT2D eigenvalue weighted by Crippen LogP contribution is -2.20. The van der Waals surface area contributed by atoms with Gasteiger partial charge < -0.3 is 24.7 Å². The highest BCUT2D eigenvalue weighted by molar-refractivity contribution is 6.21. The predicted octanol–water partition coefficient (Wildman–Crippen LogP) is 4.56.